The van der Waals surface area contributed by atoms with E-state index in [1.807, 2.05) is 38.1 Å². The molecular weight excluding hydrogens is 332 g/mol. The molecule has 0 radical (unpaired) electrons. The van der Waals surface area contributed by atoms with Gasteiger partial charge in [0.25, 0.3) is 0 Å². The van der Waals surface area contributed by atoms with E-state index in [-0.39, 0.29) is 36.4 Å². The molecule has 144 valence electrons. The Balaban J connectivity index is 1.97. The third-order valence-electron chi connectivity index (χ3n) is 4.94. The highest BCUT2D eigenvalue weighted by atomic mass is 16.7. The summed E-state index contributed by atoms with van der Waals surface area (Å²) in [6.07, 6.45) is -0.715. The van der Waals surface area contributed by atoms with Crippen LogP contribution in [0.15, 0.2) is 36.4 Å². The Morgan fingerprint density at radius 3 is 2.62 bits per heavy atom. The van der Waals surface area contributed by atoms with Crippen molar-refractivity contribution < 1.29 is 24.1 Å². The molecule has 5 atom stereocenters. The molecule has 1 N–H and O–H groups in total. The number of carbonyl (C=O) groups is 1. The van der Waals surface area contributed by atoms with Crippen molar-refractivity contribution in [3.05, 3.63) is 42.0 Å². The van der Waals surface area contributed by atoms with Crippen molar-refractivity contribution in [3.63, 3.8) is 0 Å². The summed E-state index contributed by atoms with van der Waals surface area (Å²) in [4.78, 5) is 12.5. The van der Waals surface area contributed by atoms with Crippen LogP contribution in [0.2, 0.25) is 0 Å². The van der Waals surface area contributed by atoms with Crippen LogP contribution >= 0.6 is 0 Å². The van der Waals surface area contributed by atoms with E-state index >= 15 is 0 Å². The molecule has 0 spiro atoms. The fourth-order valence-electron chi connectivity index (χ4n) is 3.11. The number of Topliss-reactive ketones (excluding diaryl/α,β-unsaturated/α-hetero) is 1. The predicted molar refractivity (Wildman–Crippen MR) is 100 cm³/mol. The number of carbonyl (C=O) groups excluding carboxylic acids is 1. The molecule has 0 aliphatic carbocycles. The van der Waals surface area contributed by atoms with Crippen molar-refractivity contribution in [2.75, 3.05) is 13.7 Å². The van der Waals surface area contributed by atoms with Gasteiger partial charge >= 0.3 is 0 Å². The van der Waals surface area contributed by atoms with E-state index in [0.717, 1.165) is 11.3 Å². The van der Waals surface area contributed by atoms with Crippen LogP contribution in [0.4, 0.5) is 0 Å². The summed E-state index contributed by atoms with van der Waals surface area (Å²) >= 11 is 0. The molecule has 1 aromatic carbocycles. The number of rotatable bonds is 8. The Labute approximate surface area is 156 Å². The lowest BCUT2D eigenvalue weighted by Gasteiger charge is -2.38. The Hall–Kier alpha value is -1.69. The minimum Gasteiger partial charge on any atom is -0.497 e. The second-order valence-electron chi connectivity index (χ2n) is 7.21. The maximum Gasteiger partial charge on any atom is 0.162 e. The van der Waals surface area contributed by atoms with Crippen LogP contribution in [-0.2, 0) is 20.7 Å². The second kappa shape index (κ2) is 9.31. The van der Waals surface area contributed by atoms with E-state index in [1.165, 1.54) is 0 Å². The summed E-state index contributed by atoms with van der Waals surface area (Å²) in [6.45, 7) is 9.86. The third kappa shape index (κ3) is 5.40. The first-order valence-corrected chi connectivity index (χ1v) is 9.08. The van der Waals surface area contributed by atoms with Crippen LogP contribution in [0.3, 0.4) is 0 Å². The van der Waals surface area contributed by atoms with Gasteiger partial charge in [0.1, 0.15) is 11.5 Å². The van der Waals surface area contributed by atoms with Crippen LogP contribution in [0.25, 0.3) is 0 Å². The molecule has 1 aliphatic rings. The van der Waals surface area contributed by atoms with Gasteiger partial charge in [0.05, 0.1) is 25.9 Å². The van der Waals surface area contributed by atoms with Crippen molar-refractivity contribution in [1.82, 2.24) is 0 Å². The van der Waals surface area contributed by atoms with Gasteiger partial charge in [0.15, 0.2) is 6.29 Å². The van der Waals surface area contributed by atoms with E-state index in [1.54, 1.807) is 14.0 Å². The molecule has 5 nitrogen and oxygen atoms in total. The molecule has 0 bridgehead atoms. The van der Waals surface area contributed by atoms with E-state index in [2.05, 4.69) is 6.58 Å². The zero-order valence-electron chi connectivity index (χ0n) is 16.1. The average molecular weight is 362 g/mol. The summed E-state index contributed by atoms with van der Waals surface area (Å²) in [6, 6.07) is 7.78. The van der Waals surface area contributed by atoms with E-state index in [4.69, 9.17) is 14.2 Å². The zero-order chi connectivity index (χ0) is 19.3. The van der Waals surface area contributed by atoms with E-state index in [9.17, 15) is 9.90 Å². The molecule has 1 heterocycles. The smallest absolute Gasteiger partial charge is 0.162 e. The summed E-state index contributed by atoms with van der Waals surface area (Å²) < 4.78 is 17.1. The lowest BCUT2D eigenvalue weighted by Crippen LogP contribution is -2.45. The lowest BCUT2D eigenvalue weighted by molar-refractivity contribution is -0.242. The molecular formula is C21H30O5. The highest BCUT2D eigenvalue weighted by molar-refractivity contribution is 5.82. The van der Waals surface area contributed by atoms with E-state index < -0.39 is 6.10 Å². The SMILES string of the molecule is C=C(C)[C@H](O)CC(=O)[C@H](C)[C@H]1O[C@@H](Cc2ccc(OC)cc2)OC[C@@H]1C. The van der Waals surface area contributed by atoms with Crippen LogP contribution in [0.1, 0.15) is 32.8 Å². The minimum absolute atomic E-state index is 0.0116. The van der Waals surface area contributed by atoms with Crippen molar-refractivity contribution >= 4 is 5.78 Å². The van der Waals surface area contributed by atoms with Crippen LogP contribution in [0, 0.1) is 11.8 Å². The molecule has 1 fully saturated rings. The first-order chi connectivity index (χ1) is 12.3. The van der Waals surface area contributed by atoms with Crippen molar-refractivity contribution in [2.24, 2.45) is 11.8 Å². The highest BCUT2D eigenvalue weighted by Gasteiger charge is 2.36. The first kappa shape index (κ1) is 20.6. The standard InChI is InChI=1S/C21H30O5/c1-13(2)18(22)11-19(23)15(4)21-14(3)12-25-20(26-21)10-16-6-8-17(24-5)9-7-16/h6-9,14-15,18,20-22H,1,10-12H2,2-5H3/t14-,15-,18+,20-,21-/m0/s1. The van der Waals surface area contributed by atoms with Gasteiger partial charge < -0.3 is 19.3 Å². The Bertz CT molecular complexity index is 609. The molecule has 2 rings (SSSR count). The number of aliphatic hydroxyl groups is 1. The molecule has 1 saturated heterocycles. The monoisotopic (exact) mass is 362 g/mol. The second-order valence-corrected chi connectivity index (χ2v) is 7.21. The molecule has 1 aromatic rings. The molecule has 0 aromatic heterocycles. The van der Waals surface area contributed by atoms with E-state index in [0.29, 0.717) is 18.6 Å². The Morgan fingerprint density at radius 2 is 2.04 bits per heavy atom. The number of ketones is 1. The summed E-state index contributed by atoms with van der Waals surface area (Å²) in [5, 5.41) is 9.90. The Kier molecular flexibility index (Phi) is 7.38. The maximum absolute atomic E-state index is 12.5. The van der Waals surface area contributed by atoms with Gasteiger partial charge in [0, 0.05) is 24.7 Å². The predicted octanol–water partition coefficient (Wildman–Crippen LogP) is 3.15. The highest BCUT2D eigenvalue weighted by Crippen LogP contribution is 2.28. The van der Waals surface area contributed by atoms with Gasteiger partial charge in [-0.3, -0.25) is 4.79 Å². The number of aliphatic hydroxyl groups excluding tert-OH is 1. The number of methoxy groups -OCH3 is 1. The first-order valence-electron chi connectivity index (χ1n) is 9.08. The van der Waals surface area contributed by atoms with Gasteiger partial charge in [-0.05, 0) is 24.6 Å². The number of hydrogen-bond donors (Lipinski definition) is 1. The van der Waals surface area contributed by atoms with Gasteiger partial charge in [-0.2, -0.15) is 0 Å². The topological polar surface area (TPSA) is 65.0 Å². The largest absolute Gasteiger partial charge is 0.497 e. The number of benzene rings is 1. The summed E-state index contributed by atoms with van der Waals surface area (Å²) in [5.74, 6) is 0.604. The van der Waals surface area contributed by atoms with Crippen molar-refractivity contribution in [3.8, 4) is 5.75 Å². The number of ether oxygens (including phenoxy) is 3. The summed E-state index contributed by atoms with van der Waals surface area (Å²) in [7, 11) is 1.64. The van der Waals surface area contributed by atoms with Gasteiger partial charge in [-0.25, -0.2) is 0 Å². The third-order valence-corrected chi connectivity index (χ3v) is 4.94. The molecule has 26 heavy (non-hydrogen) atoms. The molecule has 0 saturated carbocycles. The average Bonchev–Trinajstić information content (AvgIpc) is 2.63. The van der Waals surface area contributed by atoms with Gasteiger partial charge in [0.2, 0.25) is 0 Å². The van der Waals surface area contributed by atoms with Crippen molar-refractivity contribution in [1.29, 1.82) is 0 Å². The normalized spacial score (nSPS) is 25.3. The number of hydrogen-bond acceptors (Lipinski definition) is 5. The maximum atomic E-state index is 12.5. The molecule has 1 aliphatic heterocycles. The fraction of sp³-hybridized carbons (Fsp3) is 0.571. The quantitative estimate of drug-likeness (QED) is 0.720. The van der Waals surface area contributed by atoms with Crippen LogP contribution in [0.5, 0.6) is 5.75 Å². The van der Waals surface area contributed by atoms with Gasteiger partial charge in [-0.1, -0.05) is 38.1 Å². The molecule has 0 amide bonds. The summed E-state index contributed by atoms with van der Waals surface area (Å²) in [5.41, 5.74) is 1.68. The van der Waals surface area contributed by atoms with Crippen molar-refractivity contribution in [2.45, 2.75) is 52.1 Å². The lowest BCUT2D eigenvalue weighted by atomic mass is 9.87. The van der Waals surface area contributed by atoms with Crippen LogP contribution in [-0.4, -0.2) is 43.1 Å². The zero-order valence-corrected chi connectivity index (χ0v) is 16.1. The minimum atomic E-state index is -0.796. The molecule has 0 unspecified atom stereocenters. The van der Waals surface area contributed by atoms with Gasteiger partial charge in [-0.15, -0.1) is 0 Å². The molecule has 5 heteroatoms. The Morgan fingerprint density at radius 1 is 1.38 bits per heavy atom. The fourth-order valence-corrected chi connectivity index (χ4v) is 3.11. The van der Waals surface area contributed by atoms with Crippen LogP contribution < -0.4 is 4.74 Å².